The Morgan fingerprint density at radius 1 is 1.80 bits per heavy atom. The van der Waals surface area contributed by atoms with Crippen LogP contribution in [0.15, 0.2) is 11.5 Å². The number of hydrogen-bond donors (Lipinski definition) is 3. The molecule has 7 nitrogen and oxygen atoms in total. The molecule has 0 radical (unpaired) electrons. The second kappa shape index (κ2) is 5.56. The summed E-state index contributed by atoms with van der Waals surface area (Å²) < 4.78 is 1.27. The van der Waals surface area contributed by atoms with Crippen molar-refractivity contribution in [3.05, 3.63) is 6.33 Å². The van der Waals surface area contributed by atoms with Gasteiger partial charge in [-0.05, 0) is 6.42 Å². The monoisotopic (exact) mass is 230 g/mol. The van der Waals surface area contributed by atoms with Gasteiger partial charge in [-0.25, -0.2) is 10.5 Å². The summed E-state index contributed by atoms with van der Waals surface area (Å²) in [5.74, 6) is 10.4. The van der Waals surface area contributed by atoms with E-state index in [2.05, 4.69) is 15.6 Å². The van der Waals surface area contributed by atoms with Crippen LogP contribution >= 0.6 is 11.8 Å². The molecule has 1 aromatic rings. The van der Waals surface area contributed by atoms with Gasteiger partial charge in [-0.1, -0.05) is 25.1 Å². The van der Waals surface area contributed by atoms with E-state index in [1.807, 2.05) is 6.92 Å². The van der Waals surface area contributed by atoms with Crippen molar-refractivity contribution in [3.8, 4) is 0 Å². The molecular formula is C7H14N6OS. The van der Waals surface area contributed by atoms with E-state index in [4.69, 9.17) is 11.7 Å². The fourth-order valence-corrected chi connectivity index (χ4v) is 2.09. The molecule has 0 aromatic carbocycles. The van der Waals surface area contributed by atoms with Gasteiger partial charge in [-0.15, -0.1) is 10.2 Å². The molecule has 1 heterocycles. The fourth-order valence-electron chi connectivity index (χ4n) is 1.04. The lowest BCUT2D eigenvalue weighted by molar-refractivity contribution is -0.120. The van der Waals surface area contributed by atoms with Crippen molar-refractivity contribution in [1.29, 1.82) is 0 Å². The van der Waals surface area contributed by atoms with E-state index >= 15 is 0 Å². The Hall–Kier alpha value is -1.28. The lowest BCUT2D eigenvalue weighted by atomic mass is 10.2. The van der Waals surface area contributed by atoms with Gasteiger partial charge in [0.15, 0.2) is 0 Å². The van der Waals surface area contributed by atoms with Crippen LogP contribution in [-0.4, -0.2) is 26.0 Å². The zero-order valence-electron chi connectivity index (χ0n) is 8.38. The maximum Gasteiger partial charge on any atom is 0.247 e. The average molecular weight is 230 g/mol. The fraction of sp³-hybridized carbons (Fsp3) is 0.571. The molecule has 0 aliphatic carbocycles. The first-order chi connectivity index (χ1) is 7.19. The maximum atomic E-state index is 11.4. The number of nitrogens with two attached hydrogens (primary N) is 2. The molecular weight excluding hydrogens is 216 g/mol. The summed E-state index contributed by atoms with van der Waals surface area (Å²) in [4.78, 5) is 11.4. The number of carbonyl (C=O) groups excluding carboxylic acids is 1. The van der Waals surface area contributed by atoms with Crippen molar-refractivity contribution in [3.63, 3.8) is 0 Å². The van der Waals surface area contributed by atoms with Crippen LogP contribution in [0.2, 0.25) is 0 Å². The predicted molar refractivity (Wildman–Crippen MR) is 57.1 cm³/mol. The van der Waals surface area contributed by atoms with Crippen LogP contribution in [-0.2, 0) is 4.79 Å². The molecule has 84 valence electrons. The van der Waals surface area contributed by atoms with Crippen molar-refractivity contribution in [2.75, 3.05) is 5.84 Å². The minimum Gasteiger partial charge on any atom is -0.336 e. The van der Waals surface area contributed by atoms with E-state index in [9.17, 15) is 4.79 Å². The van der Waals surface area contributed by atoms with Crippen LogP contribution in [0.4, 0.5) is 0 Å². The molecule has 8 heteroatoms. The Balaban J connectivity index is 2.66. The normalized spacial score (nSPS) is 12.4. The van der Waals surface area contributed by atoms with Gasteiger partial charge >= 0.3 is 0 Å². The zero-order chi connectivity index (χ0) is 11.3. The van der Waals surface area contributed by atoms with Gasteiger partial charge in [0.2, 0.25) is 11.1 Å². The lowest BCUT2D eigenvalue weighted by Crippen LogP contribution is -2.37. The molecule has 0 aliphatic heterocycles. The summed E-state index contributed by atoms with van der Waals surface area (Å²) in [6, 6.07) is 0. The quantitative estimate of drug-likeness (QED) is 0.265. The van der Waals surface area contributed by atoms with Gasteiger partial charge < -0.3 is 5.84 Å². The molecule has 5 N–H and O–H groups in total. The number of amides is 1. The highest BCUT2D eigenvalue weighted by Crippen LogP contribution is 2.23. The molecule has 0 bridgehead atoms. The third-order valence-corrected chi connectivity index (χ3v) is 3.01. The zero-order valence-corrected chi connectivity index (χ0v) is 9.20. The summed E-state index contributed by atoms with van der Waals surface area (Å²) in [5, 5.41) is 7.62. The van der Waals surface area contributed by atoms with Crippen LogP contribution < -0.4 is 17.1 Å². The molecule has 0 spiro atoms. The number of nitrogens with one attached hydrogen (secondary N) is 1. The molecule has 1 aromatic heterocycles. The van der Waals surface area contributed by atoms with Crippen molar-refractivity contribution in [1.82, 2.24) is 20.3 Å². The summed E-state index contributed by atoms with van der Waals surface area (Å²) in [6.45, 7) is 1.99. The number of thioether (sulfide) groups is 1. The second-order valence-electron chi connectivity index (χ2n) is 2.92. The van der Waals surface area contributed by atoms with E-state index in [0.717, 1.165) is 6.42 Å². The van der Waals surface area contributed by atoms with Crippen LogP contribution in [0.5, 0.6) is 0 Å². The number of aromatic nitrogens is 3. The van der Waals surface area contributed by atoms with E-state index in [-0.39, 0.29) is 11.2 Å². The number of carbonyl (C=O) groups is 1. The lowest BCUT2D eigenvalue weighted by Gasteiger charge is -2.12. The smallest absolute Gasteiger partial charge is 0.247 e. The van der Waals surface area contributed by atoms with Gasteiger partial charge in [0, 0.05) is 0 Å². The largest absolute Gasteiger partial charge is 0.336 e. The van der Waals surface area contributed by atoms with Gasteiger partial charge in [-0.3, -0.25) is 10.2 Å². The first kappa shape index (κ1) is 11.8. The number of hydrogen-bond acceptors (Lipinski definition) is 6. The van der Waals surface area contributed by atoms with Crippen LogP contribution in [0.3, 0.4) is 0 Å². The van der Waals surface area contributed by atoms with Gasteiger partial charge in [0.1, 0.15) is 6.33 Å². The predicted octanol–water partition coefficient (Wildman–Crippen LogP) is -0.757. The van der Waals surface area contributed by atoms with Crippen molar-refractivity contribution < 1.29 is 4.79 Å². The van der Waals surface area contributed by atoms with Crippen LogP contribution in [0.1, 0.15) is 19.8 Å². The number of nitrogens with zero attached hydrogens (tertiary/aromatic N) is 3. The molecule has 0 saturated carbocycles. The second-order valence-corrected chi connectivity index (χ2v) is 4.09. The first-order valence-corrected chi connectivity index (χ1v) is 5.39. The summed E-state index contributed by atoms with van der Waals surface area (Å²) in [5.41, 5.74) is 2.12. The Morgan fingerprint density at radius 3 is 3.00 bits per heavy atom. The third-order valence-electron chi connectivity index (χ3n) is 1.77. The number of nitrogen functional groups attached to an aromatic ring is 1. The minimum atomic E-state index is -0.286. The van der Waals surface area contributed by atoms with E-state index in [1.165, 1.54) is 22.8 Å². The summed E-state index contributed by atoms with van der Waals surface area (Å²) in [6.07, 6.45) is 2.97. The van der Waals surface area contributed by atoms with Crippen LogP contribution in [0, 0.1) is 0 Å². The van der Waals surface area contributed by atoms with Gasteiger partial charge in [0.05, 0.1) is 5.25 Å². The summed E-state index contributed by atoms with van der Waals surface area (Å²) >= 11 is 1.25. The van der Waals surface area contributed by atoms with E-state index in [1.54, 1.807) is 0 Å². The highest BCUT2D eigenvalue weighted by atomic mass is 32.2. The molecule has 1 amide bonds. The first-order valence-electron chi connectivity index (χ1n) is 4.51. The topological polar surface area (TPSA) is 112 Å². The minimum absolute atomic E-state index is 0.232. The van der Waals surface area contributed by atoms with Crippen LogP contribution in [0.25, 0.3) is 0 Å². The van der Waals surface area contributed by atoms with Crippen molar-refractivity contribution >= 4 is 17.7 Å². The Kier molecular flexibility index (Phi) is 4.37. The molecule has 15 heavy (non-hydrogen) atoms. The maximum absolute atomic E-state index is 11.4. The molecule has 1 rings (SSSR count). The van der Waals surface area contributed by atoms with Crippen molar-refractivity contribution in [2.45, 2.75) is 30.2 Å². The number of rotatable bonds is 5. The molecule has 0 saturated heterocycles. The Morgan fingerprint density at radius 2 is 2.53 bits per heavy atom. The SMILES string of the molecule is CCCC(Sc1nncn1N)C(=O)NN. The third kappa shape index (κ3) is 3.10. The van der Waals surface area contributed by atoms with Crippen molar-refractivity contribution in [2.24, 2.45) is 5.84 Å². The molecule has 1 unspecified atom stereocenters. The average Bonchev–Trinajstić information content (AvgIpc) is 2.63. The van der Waals surface area contributed by atoms with E-state index < -0.39 is 0 Å². The van der Waals surface area contributed by atoms with Gasteiger partial charge in [0.25, 0.3) is 0 Å². The highest BCUT2D eigenvalue weighted by molar-refractivity contribution is 8.00. The number of hydrazine groups is 1. The molecule has 0 fully saturated rings. The molecule has 0 aliphatic rings. The van der Waals surface area contributed by atoms with E-state index in [0.29, 0.717) is 11.6 Å². The summed E-state index contributed by atoms with van der Waals surface area (Å²) in [7, 11) is 0. The molecule has 1 atom stereocenters. The Bertz CT molecular complexity index is 327. The van der Waals surface area contributed by atoms with Gasteiger partial charge in [-0.2, -0.15) is 0 Å². The Labute approximate surface area is 91.5 Å². The standard InChI is InChI=1S/C7H14N6OS/c1-2-3-5(6(14)11-8)15-7-12-10-4-13(7)9/h4-5H,2-3,8-9H2,1H3,(H,11,14). The highest BCUT2D eigenvalue weighted by Gasteiger charge is 2.20.